The number of amides is 1. The van der Waals surface area contributed by atoms with Crippen LogP contribution < -0.4 is 5.32 Å². The highest BCUT2D eigenvalue weighted by Gasteiger charge is 2.38. The highest BCUT2D eigenvalue weighted by molar-refractivity contribution is 7.89. The van der Waals surface area contributed by atoms with E-state index in [1.165, 1.54) is 4.31 Å². The predicted octanol–water partition coefficient (Wildman–Crippen LogP) is 0.183. The zero-order valence-corrected chi connectivity index (χ0v) is 10.9. The van der Waals surface area contributed by atoms with Crippen molar-refractivity contribution in [3.8, 4) is 0 Å². The van der Waals surface area contributed by atoms with Crippen LogP contribution in [0, 0.1) is 5.92 Å². The normalized spacial score (nSPS) is 23.5. The van der Waals surface area contributed by atoms with Gasteiger partial charge >= 0.3 is 0 Å². The first kappa shape index (κ1) is 13.4. The third-order valence-electron chi connectivity index (χ3n) is 2.66. The first-order chi connectivity index (χ1) is 7.40. The molecule has 0 bridgehead atoms. The zero-order valence-electron chi connectivity index (χ0n) is 10.1. The first-order valence-corrected chi connectivity index (χ1v) is 7.28. The van der Waals surface area contributed by atoms with Crippen molar-refractivity contribution in [1.82, 2.24) is 9.62 Å². The van der Waals surface area contributed by atoms with Crippen molar-refractivity contribution < 1.29 is 13.2 Å². The number of carbonyl (C=O) groups excluding carboxylic acids is 1. The Bertz CT molecular complexity index is 351. The second kappa shape index (κ2) is 5.14. The molecule has 16 heavy (non-hydrogen) atoms. The van der Waals surface area contributed by atoms with Gasteiger partial charge in [-0.15, -0.1) is 0 Å². The predicted molar refractivity (Wildman–Crippen MR) is 62.4 cm³/mol. The van der Waals surface area contributed by atoms with E-state index in [1.807, 2.05) is 20.8 Å². The zero-order chi connectivity index (χ0) is 12.3. The molecule has 94 valence electrons. The van der Waals surface area contributed by atoms with E-state index in [-0.39, 0.29) is 17.6 Å². The van der Waals surface area contributed by atoms with Crippen LogP contribution in [0.2, 0.25) is 0 Å². The number of hydrogen-bond acceptors (Lipinski definition) is 3. The Morgan fingerprint density at radius 1 is 1.50 bits per heavy atom. The number of nitrogens with zero attached hydrogens (tertiary/aromatic N) is 1. The molecule has 1 atom stereocenters. The lowest BCUT2D eigenvalue weighted by atomic mass is 10.0. The Morgan fingerprint density at radius 3 is 2.62 bits per heavy atom. The van der Waals surface area contributed by atoms with Crippen LogP contribution in [0.15, 0.2) is 0 Å². The average Bonchev–Trinajstić information content (AvgIpc) is 2.16. The van der Waals surface area contributed by atoms with Gasteiger partial charge in [0.25, 0.3) is 0 Å². The molecule has 0 radical (unpaired) electrons. The number of rotatable bonds is 4. The van der Waals surface area contributed by atoms with E-state index in [9.17, 15) is 13.2 Å². The van der Waals surface area contributed by atoms with Crippen LogP contribution in [0.25, 0.3) is 0 Å². The minimum absolute atomic E-state index is 0.00747. The van der Waals surface area contributed by atoms with Crippen molar-refractivity contribution in [2.75, 3.05) is 18.8 Å². The molecule has 1 heterocycles. The van der Waals surface area contributed by atoms with Gasteiger partial charge < -0.3 is 5.32 Å². The molecule has 0 aromatic carbocycles. The standard InChI is InChI=1S/C10H20N2O3S/c1-4-7-16(14,15)12-6-5-11-10(13)9(12)8(2)3/h8-9H,4-7H2,1-3H3,(H,11,13). The summed E-state index contributed by atoms with van der Waals surface area (Å²) in [5, 5.41) is 2.71. The fourth-order valence-electron chi connectivity index (χ4n) is 1.99. The summed E-state index contributed by atoms with van der Waals surface area (Å²) in [6.07, 6.45) is 0.575. The van der Waals surface area contributed by atoms with Gasteiger partial charge in [0.1, 0.15) is 6.04 Å². The topological polar surface area (TPSA) is 66.5 Å². The van der Waals surface area contributed by atoms with Crippen LogP contribution in [-0.2, 0) is 14.8 Å². The fraction of sp³-hybridized carbons (Fsp3) is 0.900. The smallest absolute Gasteiger partial charge is 0.238 e. The van der Waals surface area contributed by atoms with Crippen molar-refractivity contribution in [3.05, 3.63) is 0 Å². The molecule has 1 saturated heterocycles. The van der Waals surface area contributed by atoms with Gasteiger partial charge in [0.2, 0.25) is 15.9 Å². The van der Waals surface area contributed by atoms with E-state index in [0.29, 0.717) is 19.5 Å². The second-order valence-electron chi connectivity index (χ2n) is 4.41. The largest absolute Gasteiger partial charge is 0.353 e. The van der Waals surface area contributed by atoms with Gasteiger partial charge in [-0.1, -0.05) is 20.8 Å². The highest BCUT2D eigenvalue weighted by atomic mass is 32.2. The SMILES string of the molecule is CCCS(=O)(=O)N1CCNC(=O)C1C(C)C. The quantitative estimate of drug-likeness (QED) is 0.772. The van der Waals surface area contributed by atoms with Crippen molar-refractivity contribution in [3.63, 3.8) is 0 Å². The molecule has 0 spiro atoms. The Morgan fingerprint density at radius 2 is 2.12 bits per heavy atom. The summed E-state index contributed by atoms with van der Waals surface area (Å²) in [7, 11) is -3.29. The van der Waals surface area contributed by atoms with Crippen LogP contribution in [0.1, 0.15) is 27.2 Å². The van der Waals surface area contributed by atoms with Crippen LogP contribution in [0.4, 0.5) is 0 Å². The van der Waals surface area contributed by atoms with Gasteiger partial charge in [-0.2, -0.15) is 4.31 Å². The molecule has 1 N–H and O–H groups in total. The van der Waals surface area contributed by atoms with Gasteiger partial charge in [0.15, 0.2) is 0 Å². The molecule has 1 aliphatic rings. The van der Waals surface area contributed by atoms with Crippen molar-refractivity contribution in [1.29, 1.82) is 0 Å². The van der Waals surface area contributed by atoms with Gasteiger partial charge in [0, 0.05) is 13.1 Å². The molecule has 1 fully saturated rings. The van der Waals surface area contributed by atoms with E-state index >= 15 is 0 Å². The highest BCUT2D eigenvalue weighted by Crippen LogP contribution is 2.18. The lowest BCUT2D eigenvalue weighted by molar-refractivity contribution is -0.128. The molecule has 0 aromatic rings. The summed E-state index contributed by atoms with van der Waals surface area (Å²) < 4.78 is 25.3. The molecular formula is C10H20N2O3S. The van der Waals surface area contributed by atoms with Gasteiger partial charge in [-0.25, -0.2) is 8.42 Å². The lowest BCUT2D eigenvalue weighted by Crippen LogP contribution is -2.59. The molecule has 0 aliphatic carbocycles. The minimum atomic E-state index is -3.29. The van der Waals surface area contributed by atoms with Crippen molar-refractivity contribution in [2.45, 2.75) is 33.2 Å². The Kier molecular flexibility index (Phi) is 4.32. The van der Waals surface area contributed by atoms with Crippen LogP contribution in [0.3, 0.4) is 0 Å². The average molecular weight is 248 g/mol. The van der Waals surface area contributed by atoms with Crippen LogP contribution in [0.5, 0.6) is 0 Å². The summed E-state index contributed by atoms with van der Waals surface area (Å²) >= 11 is 0. The summed E-state index contributed by atoms with van der Waals surface area (Å²) in [6.45, 7) is 6.35. The van der Waals surface area contributed by atoms with E-state index < -0.39 is 16.1 Å². The molecule has 1 amide bonds. The maximum absolute atomic E-state index is 12.0. The van der Waals surface area contributed by atoms with Gasteiger partial charge in [-0.05, 0) is 12.3 Å². The van der Waals surface area contributed by atoms with E-state index in [0.717, 1.165) is 0 Å². The third kappa shape index (κ3) is 2.74. The molecule has 1 unspecified atom stereocenters. The maximum Gasteiger partial charge on any atom is 0.238 e. The van der Waals surface area contributed by atoms with Crippen molar-refractivity contribution >= 4 is 15.9 Å². The number of carbonyl (C=O) groups is 1. The number of hydrogen-bond donors (Lipinski definition) is 1. The fourth-order valence-corrected chi connectivity index (χ4v) is 3.79. The summed E-state index contributed by atoms with van der Waals surface area (Å²) in [5.74, 6) is -0.0726. The lowest BCUT2D eigenvalue weighted by Gasteiger charge is -2.36. The molecule has 0 saturated carbocycles. The molecule has 0 aromatic heterocycles. The van der Waals surface area contributed by atoms with E-state index in [2.05, 4.69) is 5.32 Å². The molecule has 1 rings (SSSR count). The summed E-state index contributed by atoms with van der Waals surface area (Å²) in [6, 6.07) is -0.551. The monoisotopic (exact) mass is 248 g/mol. The Balaban J connectivity index is 2.96. The van der Waals surface area contributed by atoms with Crippen LogP contribution >= 0.6 is 0 Å². The minimum Gasteiger partial charge on any atom is -0.353 e. The number of piperazine rings is 1. The Labute approximate surface area is 97.2 Å². The molecule has 5 nitrogen and oxygen atoms in total. The Hall–Kier alpha value is -0.620. The third-order valence-corrected chi connectivity index (χ3v) is 4.71. The second-order valence-corrected chi connectivity index (χ2v) is 6.45. The first-order valence-electron chi connectivity index (χ1n) is 5.67. The number of sulfonamides is 1. The van der Waals surface area contributed by atoms with E-state index in [1.54, 1.807) is 0 Å². The molecule has 1 aliphatic heterocycles. The van der Waals surface area contributed by atoms with Crippen LogP contribution in [-0.4, -0.2) is 43.5 Å². The number of nitrogens with one attached hydrogen (secondary N) is 1. The van der Waals surface area contributed by atoms with Gasteiger partial charge in [-0.3, -0.25) is 4.79 Å². The molecule has 6 heteroatoms. The van der Waals surface area contributed by atoms with E-state index in [4.69, 9.17) is 0 Å². The summed E-state index contributed by atoms with van der Waals surface area (Å²) in [4.78, 5) is 11.7. The summed E-state index contributed by atoms with van der Waals surface area (Å²) in [5.41, 5.74) is 0. The van der Waals surface area contributed by atoms with Crippen molar-refractivity contribution in [2.24, 2.45) is 5.92 Å². The van der Waals surface area contributed by atoms with Gasteiger partial charge in [0.05, 0.1) is 5.75 Å². The maximum atomic E-state index is 12.0. The molecular weight excluding hydrogens is 228 g/mol.